The van der Waals surface area contributed by atoms with Crippen LogP contribution in [0.15, 0.2) is 59.5 Å². The summed E-state index contributed by atoms with van der Waals surface area (Å²) in [5.41, 5.74) is -0.836. The molecule has 3 aromatic rings. The van der Waals surface area contributed by atoms with Crippen molar-refractivity contribution in [3.8, 4) is 5.75 Å². The number of methoxy groups -OCH3 is 1. The minimum atomic E-state index is -4.10. The van der Waals surface area contributed by atoms with Gasteiger partial charge in [0.2, 0.25) is 15.9 Å². The van der Waals surface area contributed by atoms with Crippen LogP contribution in [-0.4, -0.2) is 80.2 Å². The van der Waals surface area contributed by atoms with Gasteiger partial charge in [-0.05, 0) is 59.7 Å². The number of hydrogen-bond donors (Lipinski definition) is 1. The van der Waals surface area contributed by atoms with E-state index in [4.69, 9.17) is 4.74 Å². The van der Waals surface area contributed by atoms with E-state index in [1.54, 1.807) is 32.2 Å². The van der Waals surface area contributed by atoms with Crippen molar-refractivity contribution in [3.63, 3.8) is 0 Å². The number of benzene rings is 3. The first-order valence-corrected chi connectivity index (χ1v) is 13.8. The second kappa shape index (κ2) is 10.1. The highest BCUT2D eigenvalue weighted by molar-refractivity contribution is 7.89. The van der Waals surface area contributed by atoms with Crippen molar-refractivity contribution in [3.05, 3.63) is 71.8 Å². The number of sulfonamides is 1. The number of imide groups is 1. The van der Waals surface area contributed by atoms with Crippen LogP contribution >= 0.6 is 0 Å². The lowest BCUT2D eigenvalue weighted by molar-refractivity contribution is -0.139. The Bertz CT molecular complexity index is 1640. The number of carbonyl (C=O) groups excluding carboxylic acids is 3. The molecule has 2 aliphatic heterocycles. The molecule has 4 amide bonds. The van der Waals surface area contributed by atoms with Gasteiger partial charge in [0.1, 0.15) is 17.8 Å². The molecule has 1 atom stereocenters. The van der Waals surface area contributed by atoms with E-state index in [0.29, 0.717) is 17.4 Å². The number of nitrogens with zero attached hydrogens (tertiary/aromatic N) is 3. The molecule has 0 bridgehead atoms. The van der Waals surface area contributed by atoms with Crippen LogP contribution in [0, 0.1) is 11.6 Å². The smallest absolute Gasteiger partial charge is 0.325 e. The predicted octanol–water partition coefficient (Wildman–Crippen LogP) is 2.43. The van der Waals surface area contributed by atoms with Crippen molar-refractivity contribution in [2.45, 2.75) is 17.4 Å². The molecule has 3 aromatic carbocycles. The molecule has 210 valence electrons. The Morgan fingerprint density at radius 3 is 2.30 bits per heavy atom. The zero-order chi connectivity index (χ0) is 28.8. The Morgan fingerprint density at radius 2 is 1.62 bits per heavy atom. The Balaban J connectivity index is 1.25. The van der Waals surface area contributed by atoms with E-state index in [1.165, 1.54) is 4.90 Å². The first kappa shape index (κ1) is 27.5. The van der Waals surface area contributed by atoms with E-state index in [-0.39, 0.29) is 26.2 Å². The van der Waals surface area contributed by atoms with Crippen molar-refractivity contribution in [2.75, 3.05) is 39.8 Å². The summed E-state index contributed by atoms with van der Waals surface area (Å²) in [5, 5.41) is 4.42. The van der Waals surface area contributed by atoms with Gasteiger partial charge in [-0.15, -0.1) is 0 Å². The third-order valence-corrected chi connectivity index (χ3v) is 9.21. The summed E-state index contributed by atoms with van der Waals surface area (Å²) in [4.78, 5) is 41.0. The molecule has 2 aliphatic rings. The zero-order valence-electron chi connectivity index (χ0n) is 21.7. The molecule has 10 nitrogen and oxygen atoms in total. The highest BCUT2D eigenvalue weighted by atomic mass is 32.2. The first-order valence-electron chi connectivity index (χ1n) is 12.4. The maximum atomic E-state index is 13.6. The molecular formula is C27H26F2N4O6S. The number of piperazine rings is 1. The van der Waals surface area contributed by atoms with E-state index in [0.717, 1.165) is 32.1 Å². The van der Waals surface area contributed by atoms with Gasteiger partial charge in [-0.25, -0.2) is 22.0 Å². The largest absolute Gasteiger partial charge is 0.497 e. The quantitative estimate of drug-likeness (QED) is 0.454. The second-order valence-electron chi connectivity index (χ2n) is 9.74. The number of urea groups is 1. The van der Waals surface area contributed by atoms with Gasteiger partial charge in [-0.2, -0.15) is 4.31 Å². The van der Waals surface area contributed by atoms with Gasteiger partial charge < -0.3 is 15.0 Å². The summed E-state index contributed by atoms with van der Waals surface area (Å²) in [6.07, 6.45) is 0. The molecule has 0 saturated carbocycles. The minimum Gasteiger partial charge on any atom is -0.497 e. The van der Waals surface area contributed by atoms with Crippen molar-refractivity contribution >= 4 is 38.6 Å². The highest BCUT2D eigenvalue weighted by Crippen LogP contribution is 2.32. The van der Waals surface area contributed by atoms with Gasteiger partial charge in [0, 0.05) is 26.2 Å². The molecule has 0 radical (unpaired) electrons. The van der Waals surface area contributed by atoms with Gasteiger partial charge in [0.05, 0.1) is 12.0 Å². The minimum absolute atomic E-state index is 0.00318. The monoisotopic (exact) mass is 572 g/mol. The Kier molecular flexibility index (Phi) is 6.96. The third-order valence-electron chi connectivity index (χ3n) is 7.31. The number of rotatable bonds is 6. The van der Waals surface area contributed by atoms with Crippen LogP contribution in [0.2, 0.25) is 0 Å². The molecule has 2 saturated heterocycles. The normalized spacial score (nSPS) is 20.2. The number of ether oxygens (including phenoxy) is 1. The molecule has 5 rings (SSSR count). The van der Waals surface area contributed by atoms with Crippen LogP contribution in [0.5, 0.6) is 5.75 Å². The van der Waals surface area contributed by atoms with Gasteiger partial charge in [0.15, 0.2) is 11.6 Å². The predicted molar refractivity (Wildman–Crippen MR) is 140 cm³/mol. The van der Waals surface area contributed by atoms with Gasteiger partial charge in [-0.3, -0.25) is 14.5 Å². The van der Waals surface area contributed by atoms with Crippen molar-refractivity contribution in [1.29, 1.82) is 0 Å². The molecule has 0 spiro atoms. The lowest BCUT2D eigenvalue weighted by Crippen LogP contribution is -2.53. The number of nitrogens with one attached hydrogen (secondary N) is 1. The van der Waals surface area contributed by atoms with E-state index in [1.807, 2.05) is 18.2 Å². The van der Waals surface area contributed by atoms with E-state index in [2.05, 4.69) is 5.32 Å². The van der Waals surface area contributed by atoms with Crippen LogP contribution in [0.1, 0.15) is 12.5 Å². The number of halogens is 2. The van der Waals surface area contributed by atoms with Gasteiger partial charge in [0.25, 0.3) is 5.91 Å². The van der Waals surface area contributed by atoms with Crippen LogP contribution < -0.4 is 10.1 Å². The van der Waals surface area contributed by atoms with Crippen LogP contribution in [0.25, 0.3) is 10.8 Å². The average Bonchev–Trinajstić information content (AvgIpc) is 3.17. The molecular weight excluding hydrogens is 546 g/mol. The SMILES string of the molecule is COc1ccc2cc([C@]3(C)NC(=O)N(CC(=O)N4CCN(S(=O)(=O)c5ccc(F)c(F)c5)CC4)C3=O)ccc2c1. The van der Waals surface area contributed by atoms with Crippen LogP contribution in [0.4, 0.5) is 13.6 Å². The van der Waals surface area contributed by atoms with Crippen molar-refractivity contribution in [2.24, 2.45) is 0 Å². The fourth-order valence-corrected chi connectivity index (χ4v) is 6.33. The molecule has 1 N–H and O–H groups in total. The van der Waals surface area contributed by atoms with Gasteiger partial charge >= 0.3 is 6.03 Å². The molecule has 0 aliphatic carbocycles. The van der Waals surface area contributed by atoms with Crippen LogP contribution in [-0.2, 0) is 25.2 Å². The Hall–Kier alpha value is -4.10. The van der Waals surface area contributed by atoms with E-state index in [9.17, 15) is 31.6 Å². The number of amides is 4. The molecule has 2 heterocycles. The number of fused-ring (bicyclic) bond motifs is 1. The summed E-state index contributed by atoms with van der Waals surface area (Å²) in [6.45, 7) is 0.873. The van der Waals surface area contributed by atoms with Crippen molar-refractivity contribution < 1.29 is 36.3 Å². The third kappa shape index (κ3) is 4.75. The molecule has 0 unspecified atom stereocenters. The molecule has 40 heavy (non-hydrogen) atoms. The number of carbonyl (C=O) groups is 3. The molecule has 2 fully saturated rings. The fourth-order valence-electron chi connectivity index (χ4n) is 4.90. The standard InChI is InChI=1S/C27H26F2N4O6S/c1-27(19-5-3-18-14-20(39-2)6-4-17(18)13-19)25(35)33(26(36)30-27)16-24(34)31-9-11-32(12-10-31)40(37,38)21-7-8-22(28)23(29)15-21/h3-8,13-15H,9-12,16H2,1-2H3,(H,30,36)/t27-/m0/s1. The molecule has 0 aromatic heterocycles. The van der Waals surface area contributed by atoms with Gasteiger partial charge in [-0.1, -0.05) is 18.2 Å². The lowest BCUT2D eigenvalue weighted by Gasteiger charge is -2.34. The topological polar surface area (TPSA) is 116 Å². The maximum Gasteiger partial charge on any atom is 0.325 e. The lowest BCUT2D eigenvalue weighted by atomic mass is 9.90. The maximum absolute atomic E-state index is 13.6. The highest BCUT2D eigenvalue weighted by Gasteiger charge is 2.50. The first-order chi connectivity index (χ1) is 18.9. The van der Waals surface area contributed by atoms with Crippen LogP contribution in [0.3, 0.4) is 0 Å². The Labute approximate surface area is 229 Å². The number of hydrogen-bond acceptors (Lipinski definition) is 6. The zero-order valence-corrected chi connectivity index (χ0v) is 22.5. The fraction of sp³-hybridized carbons (Fsp3) is 0.296. The summed E-state index contributed by atoms with van der Waals surface area (Å²) in [5.74, 6) is -2.86. The average molecular weight is 573 g/mol. The van der Waals surface area contributed by atoms with E-state index >= 15 is 0 Å². The van der Waals surface area contributed by atoms with E-state index < -0.39 is 56.5 Å². The van der Waals surface area contributed by atoms with Crippen molar-refractivity contribution in [1.82, 2.24) is 19.4 Å². The Morgan fingerprint density at radius 1 is 0.950 bits per heavy atom. The summed E-state index contributed by atoms with van der Waals surface area (Å²) in [7, 11) is -2.54. The second-order valence-corrected chi connectivity index (χ2v) is 11.7. The summed E-state index contributed by atoms with van der Waals surface area (Å²) in [6, 6.07) is 12.5. The summed E-state index contributed by atoms with van der Waals surface area (Å²) >= 11 is 0. The molecule has 13 heteroatoms. The summed E-state index contributed by atoms with van der Waals surface area (Å²) < 4.78 is 58.8.